The van der Waals surface area contributed by atoms with Gasteiger partial charge in [0.15, 0.2) is 0 Å². The van der Waals surface area contributed by atoms with Crippen molar-refractivity contribution in [3.8, 4) is 0 Å². The van der Waals surface area contributed by atoms with Gasteiger partial charge in [-0.1, -0.05) is 20.8 Å². The van der Waals surface area contributed by atoms with E-state index in [0.717, 1.165) is 0 Å². The Hall–Kier alpha value is -0.860. The predicted molar refractivity (Wildman–Crippen MR) is 36.3 cm³/mol. The topological polar surface area (TPSA) is 37.3 Å². The molecule has 0 saturated heterocycles. The summed E-state index contributed by atoms with van der Waals surface area (Å²) in [6.07, 6.45) is 0.141. The van der Waals surface area contributed by atoms with Crippen molar-refractivity contribution in [3.05, 3.63) is 11.9 Å². The van der Waals surface area contributed by atoms with Crippen molar-refractivity contribution in [2.24, 2.45) is 5.41 Å². The molecule has 0 amide bonds. The number of carboxylic acids is 1. The third kappa shape index (κ3) is 2.17. The summed E-state index contributed by atoms with van der Waals surface area (Å²) in [7, 11) is 0. The summed E-state index contributed by atoms with van der Waals surface area (Å²) in [5.74, 6) is -1.20. The van der Waals surface area contributed by atoms with Crippen LogP contribution < -0.4 is 0 Å². The summed E-state index contributed by atoms with van der Waals surface area (Å²) >= 11 is 0. The Morgan fingerprint density at radius 2 is 1.90 bits per heavy atom. The molecule has 0 aromatic heterocycles. The Bertz CT molecular complexity index is 165. The molecular formula is C7H11FO2. The van der Waals surface area contributed by atoms with E-state index in [2.05, 4.69) is 0 Å². The second kappa shape index (κ2) is 2.82. The molecule has 0 rings (SSSR count). The molecule has 0 spiro atoms. The molecule has 2 nitrogen and oxygen atoms in total. The lowest BCUT2D eigenvalue weighted by Gasteiger charge is -2.17. The van der Waals surface area contributed by atoms with Crippen molar-refractivity contribution in [2.45, 2.75) is 20.8 Å². The zero-order valence-electron chi connectivity index (χ0n) is 6.31. The molecule has 1 N–H and O–H groups in total. The zero-order chi connectivity index (χ0) is 8.36. The number of rotatable bonds is 1. The van der Waals surface area contributed by atoms with Crippen LogP contribution in [0.5, 0.6) is 0 Å². The van der Waals surface area contributed by atoms with Crippen molar-refractivity contribution in [2.75, 3.05) is 0 Å². The minimum absolute atomic E-state index is 0.141. The van der Waals surface area contributed by atoms with Gasteiger partial charge in [-0.15, -0.1) is 0 Å². The minimum atomic E-state index is -1.20. The minimum Gasteiger partial charge on any atom is -0.478 e. The number of aliphatic carboxylic acids is 1. The molecule has 0 heterocycles. The van der Waals surface area contributed by atoms with E-state index < -0.39 is 11.4 Å². The molecule has 0 saturated carbocycles. The number of halogens is 1. The molecule has 0 aliphatic carbocycles. The fraction of sp³-hybridized carbons (Fsp3) is 0.571. The first-order valence-electron chi connectivity index (χ1n) is 2.93. The first kappa shape index (κ1) is 9.14. The van der Waals surface area contributed by atoms with Crippen LogP contribution in [0.25, 0.3) is 0 Å². The summed E-state index contributed by atoms with van der Waals surface area (Å²) in [6.45, 7) is 4.94. The maximum atomic E-state index is 11.9. The molecule has 3 heteroatoms. The van der Waals surface area contributed by atoms with Gasteiger partial charge in [0, 0.05) is 0 Å². The van der Waals surface area contributed by atoms with Gasteiger partial charge in [0.25, 0.3) is 0 Å². The van der Waals surface area contributed by atoms with Crippen molar-refractivity contribution in [1.82, 2.24) is 0 Å². The molecule has 58 valence electrons. The molecular weight excluding hydrogens is 135 g/mol. The summed E-state index contributed by atoms with van der Waals surface area (Å²) in [6, 6.07) is 0. The van der Waals surface area contributed by atoms with E-state index in [0.29, 0.717) is 0 Å². The van der Waals surface area contributed by atoms with Crippen molar-refractivity contribution >= 4 is 5.97 Å². The maximum absolute atomic E-state index is 11.9. The Balaban J connectivity index is 4.56. The van der Waals surface area contributed by atoms with E-state index in [-0.39, 0.29) is 11.9 Å². The Morgan fingerprint density at radius 3 is 1.90 bits per heavy atom. The SMILES string of the molecule is CC(C)(C)C(=CF)C(=O)O. The van der Waals surface area contributed by atoms with Gasteiger partial charge in [-0.2, -0.15) is 0 Å². The van der Waals surface area contributed by atoms with Gasteiger partial charge in [-0.3, -0.25) is 0 Å². The number of hydrogen-bond donors (Lipinski definition) is 1. The van der Waals surface area contributed by atoms with Crippen LogP contribution in [0.1, 0.15) is 20.8 Å². The molecule has 0 bridgehead atoms. The molecule has 0 unspecified atom stereocenters. The van der Waals surface area contributed by atoms with Gasteiger partial charge in [-0.25, -0.2) is 9.18 Å². The van der Waals surface area contributed by atoms with E-state index in [1.807, 2.05) is 0 Å². The van der Waals surface area contributed by atoms with Crippen LogP contribution in [0.15, 0.2) is 11.9 Å². The van der Waals surface area contributed by atoms with Crippen LogP contribution in [0.4, 0.5) is 4.39 Å². The van der Waals surface area contributed by atoms with Crippen LogP contribution >= 0.6 is 0 Å². The van der Waals surface area contributed by atoms with E-state index >= 15 is 0 Å². The second-order valence-electron chi connectivity index (χ2n) is 3.08. The largest absolute Gasteiger partial charge is 0.478 e. The van der Waals surface area contributed by atoms with E-state index in [1.165, 1.54) is 0 Å². The van der Waals surface area contributed by atoms with Crippen LogP contribution in [0.2, 0.25) is 0 Å². The van der Waals surface area contributed by atoms with Gasteiger partial charge in [0.2, 0.25) is 0 Å². The highest BCUT2D eigenvalue weighted by Gasteiger charge is 2.23. The summed E-state index contributed by atoms with van der Waals surface area (Å²) < 4.78 is 11.9. The third-order valence-electron chi connectivity index (χ3n) is 1.15. The molecule has 0 aliphatic rings. The van der Waals surface area contributed by atoms with Gasteiger partial charge in [0.1, 0.15) is 0 Å². The number of carbonyl (C=O) groups is 1. The first-order valence-corrected chi connectivity index (χ1v) is 2.93. The first-order chi connectivity index (χ1) is 4.39. The van der Waals surface area contributed by atoms with Crippen LogP contribution in [-0.4, -0.2) is 11.1 Å². The fourth-order valence-corrected chi connectivity index (χ4v) is 0.531. The van der Waals surface area contributed by atoms with Crippen molar-refractivity contribution in [1.29, 1.82) is 0 Å². The van der Waals surface area contributed by atoms with E-state index in [4.69, 9.17) is 5.11 Å². The highest BCUT2D eigenvalue weighted by atomic mass is 19.1. The molecule has 0 fully saturated rings. The lowest BCUT2D eigenvalue weighted by atomic mass is 9.87. The van der Waals surface area contributed by atoms with Gasteiger partial charge in [-0.05, 0) is 5.41 Å². The van der Waals surface area contributed by atoms with Gasteiger partial charge in [0.05, 0.1) is 11.9 Å². The molecule has 10 heavy (non-hydrogen) atoms. The lowest BCUT2D eigenvalue weighted by molar-refractivity contribution is -0.133. The summed E-state index contributed by atoms with van der Waals surface area (Å²) in [5, 5.41) is 8.40. The van der Waals surface area contributed by atoms with Gasteiger partial charge < -0.3 is 5.11 Å². The molecule has 0 aromatic carbocycles. The lowest BCUT2D eigenvalue weighted by Crippen LogP contribution is -2.16. The zero-order valence-corrected chi connectivity index (χ0v) is 6.31. The van der Waals surface area contributed by atoms with Crippen molar-refractivity contribution < 1.29 is 14.3 Å². The Labute approximate surface area is 59.4 Å². The Kier molecular flexibility index (Phi) is 2.57. The molecule has 0 radical (unpaired) electrons. The van der Waals surface area contributed by atoms with E-state index in [9.17, 15) is 9.18 Å². The number of hydrogen-bond acceptors (Lipinski definition) is 1. The van der Waals surface area contributed by atoms with Crippen LogP contribution in [-0.2, 0) is 4.79 Å². The molecule has 0 aromatic rings. The summed E-state index contributed by atoms with van der Waals surface area (Å²) in [4.78, 5) is 10.3. The fourth-order valence-electron chi connectivity index (χ4n) is 0.531. The van der Waals surface area contributed by atoms with Crippen LogP contribution in [0.3, 0.4) is 0 Å². The Morgan fingerprint density at radius 1 is 1.50 bits per heavy atom. The van der Waals surface area contributed by atoms with Crippen LogP contribution in [0, 0.1) is 5.41 Å². The van der Waals surface area contributed by atoms with E-state index in [1.54, 1.807) is 20.8 Å². The standard InChI is InChI=1S/C7H11FO2/c1-7(2,3)5(4-8)6(9)10/h4H,1-3H3,(H,9,10). The average molecular weight is 146 g/mol. The maximum Gasteiger partial charge on any atom is 0.334 e. The smallest absolute Gasteiger partial charge is 0.334 e. The predicted octanol–water partition coefficient (Wildman–Crippen LogP) is 1.97. The second-order valence-corrected chi connectivity index (χ2v) is 3.08. The highest BCUT2D eigenvalue weighted by Crippen LogP contribution is 2.24. The third-order valence-corrected chi connectivity index (χ3v) is 1.15. The summed E-state index contributed by atoms with van der Waals surface area (Å²) in [5.41, 5.74) is -0.826. The molecule has 0 aliphatic heterocycles. The monoisotopic (exact) mass is 146 g/mol. The normalized spacial score (nSPS) is 13.4. The highest BCUT2D eigenvalue weighted by molar-refractivity contribution is 5.87. The molecule has 0 atom stereocenters. The van der Waals surface area contributed by atoms with Gasteiger partial charge >= 0.3 is 5.97 Å². The van der Waals surface area contributed by atoms with Crippen molar-refractivity contribution in [3.63, 3.8) is 0 Å². The number of carboxylic acid groups (broad SMARTS) is 1. The quantitative estimate of drug-likeness (QED) is 0.574. The average Bonchev–Trinajstić information content (AvgIpc) is 1.60.